The number of methoxy groups -OCH3 is 1. The minimum Gasteiger partial charge on any atom is -0.383 e. The minimum absolute atomic E-state index is 0.114. The molecule has 0 radical (unpaired) electrons. The van der Waals surface area contributed by atoms with Crippen molar-refractivity contribution >= 4 is 23.2 Å². The highest BCUT2D eigenvalue weighted by Gasteiger charge is 2.34. The summed E-state index contributed by atoms with van der Waals surface area (Å²) >= 11 is 0. The minimum atomic E-state index is -4.60. The molecule has 0 bridgehead atoms. The largest absolute Gasteiger partial charge is 0.416 e. The molecule has 1 aliphatic rings. The number of imidazole rings is 1. The van der Waals surface area contributed by atoms with Crippen molar-refractivity contribution in [3.05, 3.63) is 82.8 Å². The Bertz CT molecular complexity index is 1620. The van der Waals surface area contributed by atoms with Crippen LogP contribution in [-0.2, 0) is 17.5 Å². The molecule has 0 aliphatic carbocycles. The lowest BCUT2D eigenvalue weighted by atomic mass is 10.0. The molecule has 1 saturated heterocycles. The van der Waals surface area contributed by atoms with E-state index in [-0.39, 0.29) is 23.5 Å². The zero-order chi connectivity index (χ0) is 29.5. The summed E-state index contributed by atoms with van der Waals surface area (Å²) in [5.74, 6) is 6.11. The lowest BCUT2D eigenvalue weighted by Crippen LogP contribution is -2.43. The van der Waals surface area contributed by atoms with Gasteiger partial charge in [0.2, 0.25) is 0 Å². The third-order valence-electron chi connectivity index (χ3n) is 6.59. The standard InChI is InChI=1S/C29H29F3N8O2/c1-42-15-12-35-25-6-7-27-36-18-23(40(27)38-25)5-2-20-8-9-34-26(16-20)37-28(41)21-3-4-22(24(17-21)29(30,31)32)19-39-13-10-33-11-14-39/h3-4,6-9,16-18,33H,10-15,19H2,1H3,(H,35,38)(H,34,37,41). The number of alkyl halides is 3. The van der Waals surface area contributed by atoms with E-state index in [2.05, 4.69) is 42.9 Å². The van der Waals surface area contributed by atoms with E-state index in [0.717, 1.165) is 19.2 Å². The highest BCUT2D eigenvalue weighted by Crippen LogP contribution is 2.33. The molecular weight excluding hydrogens is 549 g/mol. The van der Waals surface area contributed by atoms with E-state index in [9.17, 15) is 18.0 Å². The van der Waals surface area contributed by atoms with E-state index < -0.39 is 17.6 Å². The Morgan fingerprint density at radius 3 is 2.69 bits per heavy atom. The normalized spacial score (nSPS) is 13.9. The second-order valence-corrected chi connectivity index (χ2v) is 9.58. The molecule has 0 saturated carbocycles. The Balaban J connectivity index is 1.31. The van der Waals surface area contributed by atoms with Gasteiger partial charge >= 0.3 is 6.18 Å². The average molecular weight is 579 g/mol. The summed E-state index contributed by atoms with van der Waals surface area (Å²) in [7, 11) is 1.62. The molecule has 3 N–H and O–H groups in total. The van der Waals surface area contributed by atoms with Crippen LogP contribution in [0.3, 0.4) is 0 Å². The summed E-state index contributed by atoms with van der Waals surface area (Å²) < 4.78 is 48.4. The van der Waals surface area contributed by atoms with Crippen molar-refractivity contribution in [2.24, 2.45) is 0 Å². The number of nitrogens with zero attached hydrogens (tertiary/aromatic N) is 5. The molecular formula is C29H29F3N8O2. The first-order chi connectivity index (χ1) is 20.3. The zero-order valence-corrected chi connectivity index (χ0v) is 22.8. The van der Waals surface area contributed by atoms with E-state index in [1.807, 2.05) is 17.0 Å². The number of pyridine rings is 1. The second-order valence-electron chi connectivity index (χ2n) is 9.58. The van der Waals surface area contributed by atoms with Crippen LogP contribution < -0.4 is 16.0 Å². The van der Waals surface area contributed by atoms with E-state index >= 15 is 0 Å². The summed E-state index contributed by atoms with van der Waals surface area (Å²) in [6.45, 7) is 4.05. The molecule has 3 aromatic heterocycles. The average Bonchev–Trinajstić information content (AvgIpc) is 3.39. The first-order valence-electron chi connectivity index (χ1n) is 13.3. The molecule has 4 aromatic rings. The number of nitrogens with one attached hydrogen (secondary N) is 3. The van der Waals surface area contributed by atoms with Gasteiger partial charge in [-0.25, -0.2) is 14.5 Å². The number of ether oxygens (including phenoxy) is 1. The predicted molar refractivity (Wildman–Crippen MR) is 151 cm³/mol. The van der Waals surface area contributed by atoms with Crippen molar-refractivity contribution in [3.8, 4) is 11.8 Å². The van der Waals surface area contributed by atoms with Crippen molar-refractivity contribution in [1.29, 1.82) is 0 Å². The summed E-state index contributed by atoms with van der Waals surface area (Å²) in [5, 5.41) is 13.4. The molecule has 1 fully saturated rings. The predicted octanol–water partition coefficient (Wildman–Crippen LogP) is 3.26. The Morgan fingerprint density at radius 1 is 1.07 bits per heavy atom. The van der Waals surface area contributed by atoms with Gasteiger partial charge in [-0.2, -0.15) is 13.2 Å². The van der Waals surface area contributed by atoms with Gasteiger partial charge in [-0.1, -0.05) is 12.0 Å². The molecule has 1 amide bonds. The lowest BCUT2D eigenvalue weighted by Gasteiger charge is -2.28. The van der Waals surface area contributed by atoms with Gasteiger partial charge in [0, 0.05) is 63.7 Å². The first kappa shape index (κ1) is 29.0. The summed E-state index contributed by atoms with van der Waals surface area (Å²) in [6, 6.07) is 10.5. The van der Waals surface area contributed by atoms with Crippen LogP contribution in [0.1, 0.15) is 32.7 Å². The molecule has 0 spiro atoms. The van der Waals surface area contributed by atoms with Gasteiger partial charge in [0.05, 0.1) is 18.4 Å². The molecule has 10 nitrogen and oxygen atoms in total. The summed E-state index contributed by atoms with van der Waals surface area (Å²) in [6.07, 6.45) is -1.54. The Morgan fingerprint density at radius 2 is 1.90 bits per heavy atom. The quantitative estimate of drug-likeness (QED) is 0.216. The van der Waals surface area contributed by atoms with E-state index in [1.165, 1.54) is 18.3 Å². The molecule has 0 atom stereocenters. The maximum atomic E-state index is 13.9. The van der Waals surface area contributed by atoms with Gasteiger partial charge in [0.15, 0.2) is 5.65 Å². The van der Waals surface area contributed by atoms with E-state index in [4.69, 9.17) is 4.74 Å². The smallest absolute Gasteiger partial charge is 0.383 e. The third-order valence-corrected chi connectivity index (χ3v) is 6.59. The number of amides is 1. The van der Waals surface area contributed by atoms with E-state index in [1.54, 1.807) is 30.0 Å². The first-order valence-corrected chi connectivity index (χ1v) is 13.3. The molecule has 1 aliphatic heterocycles. The zero-order valence-electron chi connectivity index (χ0n) is 22.8. The lowest BCUT2D eigenvalue weighted by molar-refractivity contribution is -0.138. The number of carbonyl (C=O) groups excluding carboxylic acids is 1. The van der Waals surface area contributed by atoms with Crippen LogP contribution in [0.25, 0.3) is 5.65 Å². The summed E-state index contributed by atoms with van der Waals surface area (Å²) in [4.78, 5) is 23.3. The van der Waals surface area contributed by atoms with Gasteiger partial charge in [-0.3, -0.25) is 9.69 Å². The van der Waals surface area contributed by atoms with Crippen molar-refractivity contribution in [1.82, 2.24) is 29.8 Å². The molecule has 5 rings (SSSR count). The molecule has 13 heteroatoms. The molecule has 42 heavy (non-hydrogen) atoms. The number of rotatable bonds is 8. The highest BCUT2D eigenvalue weighted by atomic mass is 19.4. The number of carbonyl (C=O) groups is 1. The second kappa shape index (κ2) is 13.0. The number of benzene rings is 1. The number of fused-ring (bicyclic) bond motifs is 1. The number of halogens is 3. The molecule has 218 valence electrons. The number of piperazine rings is 1. The summed E-state index contributed by atoms with van der Waals surface area (Å²) in [5.41, 5.74) is 0.902. The fourth-order valence-corrected chi connectivity index (χ4v) is 4.46. The van der Waals surface area contributed by atoms with Crippen LogP contribution in [0.4, 0.5) is 24.8 Å². The number of hydrogen-bond donors (Lipinski definition) is 3. The maximum Gasteiger partial charge on any atom is 0.416 e. The van der Waals surface area contributed by atoms with Gasteiger partial charge in [0.1, 0.15) is 17.3 Å². The van der Waals surface area contributed by atoms with Crippen molar-refractivity contribution < 1.29 is 22.7 Å². The third kappa shape index (κ3) is 7.22. The van der Waals surface area contributed by atoms with Crippen LogP contribution in [0.5, 0.6) is 0 Å². The van der Waals surface area contributed by atoms with Crippen LogP contribution in [-0.4, -0.2) is 76.8 Å². The Kier molecular flexibility index (Phi) is 8.97. The molecule has 4 heterocycles. The van der Waals surface area contributed by atoms with Crippen LogP contribution in [0, 0.1) is 11.8 Å². The van der Waals surface area contributed by atoms with Crippen LogP contribution >= 0.6 is 0 Å². The monoisotopic (exact) mass is 578 g/mol. The molecule has 1 aromatic carbocycles. The van der Waals surface area contributed by atoms with Gasteiger partial charge < -0.3 is 20.7 Å². The maximum absolute atomic E-state index is 13.9. The van der Waals surface area contributed by atoms with Gasteiger partial charge in [0.25, 0.3) is 5.91 Å². The Labute approximate surface area is 240 Å². The SMILES string of the molecule is COCCNc1ccc2ncc(C#Cc3ccnc(NC(=O)c4ccc(CN5CCNCC5)c(C(F)(F)F)c4)c3)n2n1. The van der Waals surface area contributed by atoms with Crippen molar-refractivity contribution in [2.75, 3.05) is 57.1 Å². The molecule has 0 unspecified atom stereocenters. The topological polar surface area (TPSA) is 109 Å². The fourth-order valence-electron chi connectivity index (χ4n) is 4.46. The van der Waals surface area contributed by atoms with Gasteiger partial charge in [-0.15, -0.1) is 5.10 Å². The van der Waals surface area contributed by atoms with Crippen molar-refractivity contribution in [3.63, 3.8) is 0 Å². The fraction of sp³-hybridized carbons (Fsp3) is 0.310. The van der Waals surface area contributed by atoms with Gasteiger partial charge in [-0.05, 0) is 47.9 Å². The number of anilines is 2. The number of aromatic nitrogens is 4. The highest BCUT2D eigenvalue weighted by molar-refractivity contribution is 6.04. The number of hydrogen-bond acceptors (Lipinski definition) is 8. The Hall–Kier alpha value is -4.51. The van der Waals surface area contributed by atoms with E-state index in [0.29, 0.717) is 49.0 Å². The van der Waals surface area contributed by atoms with Crippen molar-refractivity contribution in [2.45, 2.75) is 12.7 Å². The van der Waals surface area contributed by atoms with Crippen LogP contribution in [0.15, 0.2) is 54.9 Å². The van der Waals surface area contributed by atoms with Crippen LogP contribution in [0.2, 0.25) is 0 Å².